The van der Waals surface area contributed by atoms with E-state index in [1.807, 2.05) is 24.4 Å². The van der Waals surface area contributed by atoms with Gasteiger partial charge in [-0.25, -0.2) is 4.52 Å². The maximum atomic E-state index is 10.7. The van der Waals surface area contributed by atoms with E-state index in [-0.39, 0.29) is 5.69 Å². The summed E-state index contributed by atoms with van der Waals surface area (Å²) in [5, 5.41) is 18.4. The zero-order valence-electron chi connectivity index (χ0n) is 10.9. The van der Waals surface area contributed by atoms with E-state index in [1.54, 1.807) is 16.8 Å². The third-order valence-corrected chi connectivity index (χ3v) is 3.45. The Morgan fingerprint density at radius 3 is 2.95 bits per heavy atom. The molecule has 1 aromatic carbocycles. The van der Waals surface area contributed by atoms with Crippen molar-refractivity contribution in [2.45, 2.75) is 6.54 Å². The van der Waals surface area contributed by atoms with Crippen molar-refractivity contribution in [3.63, 3.8) is 0 Å². The minimum absolute atomic E-state index is 0.0264. The Labute approximate surface area is 125 Å². The van der Waals surface area contributed by atoms with Gasteiger partial charge < -0.3 is 5.32 Å². The van der Waals surface area contributed by atoms with Gasteiger partial charge in [0.2, 0.25) is 0 Å². The molecule has 3 aromatic rings. The van der Waals surface area contributed by atoms with Crippen molar-refractivity contribution in [2.75, 3.05) is 5.32 Å². The molecule has 0 fully saturated rings. The summed E-state index contributed by atoms with van der Waals surface area (Å²) < 4.78 is 1.79. The second-order valence-electron chi connectivity index (χ2n) is 4.48. The monoisotopic (exact) mass is 302 g/mol. The lowest BCUT2D eigenvalue weighted by atomic mass is 10.2. The fraction of sp³-hybridized carbons (Fsp3) is 0.0714. The smallest absolute Gasteiger partial charge is 0.271 e. The maximum Gasteiger partial charge on any atom is 0.271 e. The molecule has 0 amide bonds. The van der Waals surface area contributed by atoms with Gasteiger partial charge in [-0.3, -0.25) is 10.1 Å². The summed E-state index contributed by atoms with van der Waals surface area (Å²) in [6, 6.07) is 10.2. The van der Waals surface area contributed by atoms with Crippen LogP contribution in [0.15, 0.2) is 48.8 Å². The Bertz CT molecular complexity index is 816. The van der Waals surface area contributed by atoms with Crippen LogP contribution in [0.1, 0.15) is 5.56 Å². The van der Waals surface area contributed by atoms with Gasteiger partial charge in [0.1, 0.15) is 0 Å². The Kier molecular flexibility index (Phi) is 3.45. The van der Waals surface area contributed by atoms with Gasteiger partial charge in [0.25, 0.3) is 5.69 Å². The molecule has 3 rings (SSSR count). The molecule has 106 valence electrons. The zero-order valence-corrected chi connectivity index (χ0v) is 11.6. The lowest BCUT2D eigenvalue weighted by Gasteiger charge is -2.07. The van der Waals surface area contributed by atoms with E-state index in [0.29, 0.717) is 17.3 Å². The molecule has 0 radical (unpaired) electrons. The van der Waals surface area contributed by atoms with Crippen molar-refractivity contribution >= 4 is 28.5 Å². The van der Waals surface area contributed by atoms with Gasteiger partial charge in [-0.1, -0.05) is 17.7 Å². The van der Waals surface area contributed by atoms with E-state index in [4.69, 9.17) is 11.6 Å². The Hall–Kier alpha value is -2.60. The lowest BCUT2D eigenvalue weighted by molar-refractivity contribution is -0.384. The normalized spacial score (nSPS) is 10.7. The SMILES string of the molecule is O=[N+]([O-])c1ccc(NCc2cnn3ccccc23)c(Cl)c1. The van der Waals surface area contributed by atoms with Crippen molar-refractivity contribution < 1.29 is 4.92 Å². The number of nitro benzene ring substituents is 1. The van der Waals surface area contributed by atoms with Gasteiger partial charge >= 0.3 is 0 Å². The van der Waals surface area contributed by atoms with Crippen LogP contribution < -0.4 is 5.32 Å². The molecule has 6 nitrogen and oxygen atoms in total. The van der Waals surface area contributed by atoms with Gasteiger partial charge in [-0.05, 0) is 18.2 Å². The second-order valence-corrected chi connectivity index (χ2v) is 4.88. The van der Waals surface area contributed by atoms with Crippen molar-refractivity contribution in [2.24, 2.45) is 0 Å². The molecular formula is C14H11ClN4O2. The molecule has 7 heteroatoms. The van der Waals surface area contributed by atoms with Crippen molar-refractivity contribution in [1.82, 2.24) is 9.61 Å². The highest BCUT2D eigenvalue weighted by Gasteiger charge is 2.10. The average Bonchev–Trinajstić information content (AvgIpc) is 2.89. The predicted octanol–water partition coefficient (Wildman–Crippen LogP) is 3.51. The number of hydrogen-bond donors (Lipinski definition) is 1. The number of rotatable bonds is 4. The number of fused-ring (bicyclic) bond motifs is 1. The molecule has 0 saturated heterocycles. The van der Waals surface area contributed by atoms with Gasteiger partial charge in [-0.15, -0.1) is 0 Å². The summed E-state index contributed by atoms with van der Waals surface area (Å²) >= 11 is 6.04. The van der Waals surface area contributed by atoms with E-state index < -0.39 is 4.92 Å². The molecule has 2 heterocycles. The number of nitro groups is 1. The summed E-state index contributed by atoms with van der Waals surface area (Å²) in [6.07, 6.45) is 3.65. The van der Waals surface area contributed by atoms with Crippen LogP contribution >= 0.6 is 11.6 Å². The standard InChI is InChI=1S/C14H11ClN4O2/c15-12-7-11(19(20)21)4-5-13(12)16-8-10-9-17-18-6-2-1-3-14(10)18/h1-7,9,16H,8H2. The number of non-ortho nitro benzene ring substituents is 1. The van der Waals surface area contributed by atoms with E-state index in [1.165, 1.54) is 12.1 Å². The molecule has 0 saturated carbocycles. The Balaban J connectivity index is 1.80. The molecule has 0 aliphatic carbocycles. The molecular weight excluding hydrogens is 292 g/mol. The zero-order chi connectivity index (χ0) is 14.8. The van der Waals surface area contributed by atoms with Gasteiger partial charge in [0.15, 0.2) is 0 Å². The van der Waals surface area contributed by atoms with Crippen LogP contribution in [-0.4, -0.2) is 14.5 Å². The molecule has 2 aromatic heterocycles. The maximum absolute atomic E-state index is 10.7. The molecule has 0 spiro atoms. The summed E-state index contributed by atoms with van der Waals surface area (Å²) in [5.74, 6) is 0. The van der Waals surface area contributed by atoms with Crippen molar-refractivity contribution in [3.05, 3.63) is 69.5 Å². The quantitative estimate of drug-likeness (QED) is 0.591. The fourth-order valence-corrected chi connectivity index (χ4v) is 2.32. The first-order valence-corrected chi connectivity index (χ1v) is 6.62. The largest absolute Gasteiger partial charge is 0.380 e. The highest BCUT2D eigenvalue weighted by Crippen LogP contribution is 2.27. The number of halogens is 1. The number of nitrogens with zero attached hydrogens (tertiary/aromatic N) is 3. The van der Waals surface area contributed by atoms with E-state index >= 15 is 0 Å². The highest BCUT2D eigenvalue weighted by atomic mass is 35.5. The van der Waals surface area contributed by atoms with Gasteiger partial charge in [-0.2, -0.15) is 5.10 Å². The molecule has 0 bridgehead atoms. The number of anilines is 1. The van der Waals surface area contributed by atoms with Crippen LogP contribution in [0.3, 0.4) is 0 Å². The van der Waals surface area contributed by atoms with Crippen LogP contribution in [0.5, 0.6) is 0 Å². The lowest BCUT2D eigenvalue weighted by Crippen LogP contribution is -2.00. The molecule has 21 heavy (non-hydrogen) atoms. The average molecular weight is 303 g/mol. The van der Waals surface area contributed by atoms with Gasteiger partial charge in [0.05, 0.1) is 27.3 Å². The van der Waals surface area contributed by atoms with Crippen LogP contribution in [0.2, 0.25) is 5.02 Å². The summed E-state index contributed by atoms with van der Waals surface area (Å²) in [7, 11) is 0. The number of nitrogens with one attached hydrogen (secondary N) is 1. The minimum atomic E-state index is -0.471. The van der Waals surface area contributed by atoms with E-state index in [2.05, 4.69) is 10.4 Å². The first-order chi connectivity index (χ1) is 10.1. The van der Waals surface area contributed by atoms with Crippen LogP contribution in [0.25, 0.3) is 5.52 Å². The molecule has 0 unspecified atom stereocenters. The first-order valence-electron chi connectivity index (χ1n) is 6.24. The number of pyridine rings is 1. The summed E-state index contributed by atoms with van der Waals surface area (Å²) in [6.45, 7) is 0.533. The fourth-order valence-electron chi connectivity index (χ4n) is 2.08. The number of benzene rings is 1. The summed E-state index contributed by atoms with van der Waals surface area (Å²) in [5.41, 5.74) is 2.65. The molecule has 0 aliphatic heterocycles. The van der Waals surface area contributed by atoms with Crippen LogP contribution in [0.4, 0.5) is 11.4 Å². The third kappa shape index (κ3) is 2.66. The Morgan fingerprint density at radius 2 is 2.19 bits per heavy atom. The summed E-state index contributed by atoms with van der Waals surface area (Å²) in [4.78, 5) is 10.2. The van der Waals surface area contributed by atoms with E-state index in [0.717, 1.165) is 11.1 Å². The van der Waals surface area contributed by atoms with Crippen LogP contribution in [-0.2, 0) is 6.54 Å². The number of hydrogen-bond acceptors (Lipinski definition) is 4. The third-order valence-electron chi connectivity index (χ3n) is 3.14. The molecule has 1 N–H and O–H groups in total. The van der Waals surface area contributed by atoms with E-state index in [9.17, 15) is 10.1 Å². The topological polar surface area (TPSA) is 72.5 Å². The molecule has 0 atom stereocenters. The second kappa shape index (κ2) is 5.41. The number of aromatic nitrogens is 2. The van der Waals surface area contributed by atoms with Crippen LogP contribution in [0, 0.1) is 10.1 Å². The van der Waals surface area contributed by atoms with Crippen molar-refractivity contribution in [3.8, 4) is 0 Å². The van der Waals surface area contributed by atoms with Crippen molar-refractivity contribution in [1.29, 1.82) is 0 Å². The minimum Gasteiger partial charge on any atom is -0.380 e. The van der Waals surface area contributed by atoms with Gasteiger partial charge in [0, 0.05) is 30.4 Å². The first kappa shape index (κ1) is 13.4. The predicted molar refractivity (Wildman–Crippen MR) is 80.6 cm³/mol. The Morgan fingerprint density at radius 1 is 1.33 bits per heavy atom. The highest BCUT2D eigenvalue weighted by molar-refractivity contribution is 6.33. The molecule has 0 aliphatic rings.